The SMILES string of the molecule is Cc1ccc(S(=O)(=O)Nc2cc(-c3ccco3)nn2[C@@H]2CCS(=O)(=O)C2)cc1. The van der Waals surface area contributed by atoms with Gasteiger partial charge < -0.3 is 4.42 Å². The Morgan fingerprint density at radius 2 is 1.96 bits per heavy atom. The fourth-order valence-corrected chi connectivity index (χ4v) is 5.91. The second kappa shape index (κ2) is 6.78. The first-order valence-electron chi connectivity index (χ1n) is 8.67. The van der Waals surface area contributed by atoms with Crippen LogP contribution in [0.2, 0.25) is 0 Å². The van der Waals surface area contributed by atoms with E-state index in [1.807, 2.05) is 6.92 Å². The Kier molecular flexibility index (Phi) is 4.54. The average molecular weight is 422 g/mol. The minimum absolute atomic E-state index is 0.0533. The van der Waals surface area contributed by atoms with Crippen molar-refractivity contribution in [3.63, 3.8) is 0 Å². The summed E-state index contributed by atoms with van der Waals surface area (Å²) >= 11 is 0. The van der Waals surface area contributed by atoms with E-state index in [9.17, 15) is 16.8 Å². The molecule has 2 aromatic heterocycles. The number of benzene rings is 1. The molecule has 148 valence electrons. The van der Waals surface area contributed by atoms with Crippen LogP contribution in [0, 0.1) is 6.92 Å². The Hall–Kier alpha value is -2.59. The Morgan fingerprint density at radius 3 is 2.57 bits per heavy atom. The minimum Gasteiger partial charge on any atom is -0.463 e. The zero-order valence-electron chi connectivity index (χ0n) is 15.1. The van der Waals surface area contributed by atoms with Crippen LogP contribution in [0.5, 0.6) is 0 Å². The van der Waals surface area contributed by atoms with Gasteiger partial charge in [-0.1, -0.05) is 17.7 Å². The summed E-state index contributed by atoms with van der Waals surface area (Å²) in [4.78, 5) is 0.115. The van der Waals surface area contributed by atoms with Gasteiger partial charge in [-0.25, -0.2) is 21.5 Å². The average Bonchev–Trinajstić information content (AvgIpc) is 3.34. The summed E-state index contributed by atoms with van der Waals surface area (Å²) in [5.41, 5.74) is 1.37. The number of sulfonamides is 1. The van der Waals surface area contributed by atoms with Crippen molar-refractivity contribution < 1.29 is 21.3 Å². The smallest absolute Gasteiger partial charge is 0.263 e. The molecule has 0 bridgehead atoms. The minimum atomic E-state index is -3.86. The molecule has 1 N–H and O–H groups in total. The Bertz CT molecular complexity index is 1190. The van der Waals surface area contributed by atoms with Crippen molar-refractivity contribution in [1.82, 2.24) is 9.78 Å². The molecule has 0 saturated carbocycles. The number of aromatic nitrogens is 2. The summed E-state index contributed by atoms with van der Waals surface area (Å²) in [6, 6.07) is 11.0. The molecule has 28 heavy (non-hydrogen) atoms. The van der Waals surface area contributed by atoms with Gasteiger partial charge in [0.2, 0.25) is 0 Å². The first-order chi connectivity index (χ1) is 13.2. The molecule has 0 radical (unpaired) electrons. The van der Waals surface area contributed by atoms with Gasteiger partial charge in [0, 0.05) is 6.07 Å². The maximum Gasteiger partial charge on any atom is 0.263 e. The number of hydrogen-bond acceptors (Lipinski definition) is 6. The van der Waals surface area contributed by atoms with Gasteiger partial charge in [-0.2, -0.15) is 5.10 Å². The molecule has 0 amide bonds. The first-order valence-corrected chi connectivity index (χ1v) is 12.0. The van der Waals surface area contributed by atoms with Crippen LogP contribution in [0.1, 0.15) is 18.0 Å². The summed E-state index contributed by atoms with van der Waals surface area (Å²) in [5, 5.41) is 4.42. The second-order valence-electron chi connectivity index (χ2n) is 6.81. The van der Waals surface area contributed by atoms with E-state index in [0.29, 0.717) is 17.9 Å². The lowest BCUT2D eigenvalue weighted by molar-refractivity contribution is 0.504. The van der Waals surface area contributed by atoms with Crippen LogP contribution in [0.3, 0.4) is 0 Å². The van der Waals surface area contributed by atoms with Crippen LogP contribution >= 0.6 is 0 Å². The van der Waals surface area contributed by atoms with Crippen molar-refractivity contribution in [1.29, 1.82) is 0 Å². The third-order valence-corrected chi connectivity index (χ3v) is 7.75. The zero-order chi connectivity index (χ0) is 19.9. The van der Waals surface area contributed by atoms with Crippen LogP contribution in [0.25, 0.3) is 11.5 Å². The molecular weight excluding hydrogens is 402 g/mol. The lowest BCUT2D eigenvalue weighted by atomic mass is 10.2. The molecule has 3 aromatic rings. The largest absolute Gasteiger partial charge is 0.463 e. The van der Waals surface area contributed by atoms with Crippen molar-refractivity contribution in [2.45, 2.75) is 24.3 Å². The van der Waals surface area contributed by atoms with Crippen LogP contribution in [-0.2, 0) is 19.9 Å². The normalized spacial score (nSPS) is 19.0. The third-order valence-electron chi connectivity index (χ3n) is 4.63. The maximum atomic E-state index is 12.8. The van der Waals surface area contributed by atoms with Crippen molar-refractivity contribution in [2.24, 2.45) is 0 Å². The highest BCUT2D eigenvalue weighted by molar-refractivity contribution is 7.92. The molecule has 1 aromatic carbocycles. The topological polar surface area (TPSA) is 111 Å². The number of aryl methyl sites for hydroxylation is 1. The van der Waals surface area contributed by atoms with Crippen LogP contribution in [-0.4, -0.2) is 38.1 Å². The highest BCUT2D eigenvalue weighted by atomic mass is 32.2. The zero-order valence-corrected chi connectivity index (χ0v) is 16.7. The monoisotopic (exact) mass is 421 g/mol. The van der Waals surface area contributed by atoms with Crippen molar-refractivity contribution in [2.75, 3.05) is 16.2 Å². The fraction of sp³-hybridized carbons (Fsp3) is 0.278. The summed E-state index contributed by atoms with van der Waals surface area (Å²) in [6.45, 7) is 1.87. The maximum absolute atomic E-state index is 12.8. The van der Waals surface area contributed by atoms with Gasteiger partial charge in [-0.3, -0.25) is 4.72 Å². The molecule has 0 unspecified atom stereocenters. The number of furan rings is 1. The van der Waals surface area contributed by atoms with Crippen LogP contribution in [0.4, 0.5) is 5.82 Å². The summed E-state index contributed by atoms with van der Waals surface area (Å²) < 4.78 is 58.8. The van der Waals surface area contributed by atoms with Gasteiger partial charge in [0.15, 0.2) is 15.6 Å². The molecule has 8 nitrogen and oxygen atoms in total. The Morgan fingerprint density at radius 1 is 1.21 bits per heavy atom. The van der Waals surface area contributed by atoms with Gasteiger partial charge in [0.1, 0.15) is 11.5 Å². The Balaban J connectivity index is 1.73. The van der Waals surface area contributed by atoms with Gasteiger partial charge >= 0.3 is 0 Å². The van der Waals surface area contributed by atoms with Crippen molar-refractivity contribution in [3.8, 4) is 11.5 Å². The number of rotatable bonds is 5. The number of anilines is 1. The number of nitrogens with zero attached hydrogens (tertiary/aromatic N) is 2. The van der Waals surface area contributed by atoms with E-state index in [1.54, 1.807) is 30.3 Å². The molecule has 0 spiro atoms. The van der Waals surface area contributed by atoms with E-state index in [-0.39, 0.29) is 22.2 Å². The standard InChI is InChI=1S/C18H19N3O5S2/c1-13-4-6-15(7-5-13)28(24,25)20-18-11-16(17-3-2-9-26-17)19-21(18)14-8-10-27(22,23)12-14/h2-7,9,11,14,20H,8,10,12H2,1H3/t14-/m1/s1. The van der Waals surface area contributed by atoms with E-state index in [0.717, 1.165) is 5.56 Å². The highest BCUT2D eigenvalue weighted by Crippen LogP contribution is 2.31. The Labute approximate surface area is 163 Å². The summed E-state index contributed by atoms with van der Waals surface area (Å²) in [5.74, 6) is 0.646. The predicted octanol–water partition coefficient (Wildman–Crippen LogP) is 2.61. The van der Waals surface area contributed by atoms with Crippen LogP contribution < -0.4 is 4.72 Å². The molecule has 1 aliphatic rings. The molecule has 1 aliphatic heterocycles. The highest BCUT2D eigenvalue weighted by Gasteiger charge is 2.32. The molecule has 1 saturated heterocycles. The number of nitrogens with one attached hydrogen (secondary N) is 1. The van der Waals surface area contributed by atoms with E-state index in [2.05, 4.69) is 9.82 Å². The lowest BCUT2D eigenvalue weighted by Gasteiger charge is -2.14. The molecule has 1 atom stereocenters. The van der Waals surface area contributed by atoms with Gasteiger partial charge in [-0.15, -0.1) is 0 Å². The quantitative estimate of drug-likeness (QED) is 0.678. The molecule has 4 rings (SSSR count). The molecule has 0 aliphatic carbocycles. The molecule has 1 fully saturated rings. The molecular formula is C18H19N3O5S2. The van der Waals surface area contributed by atoms with E-state index < -0.39 is 25.9 Å². The van der Waals surface area contributed by atoms with Crippen molar-refractivity contribution in [3.05, 3.63) is 54.3 Å². The number of sulfone groups is 1. The van der Waals surface area contributed by atoms with E-state index >= 15 is 0 Å². The summed E-state index contributed by atoms with van der Waals surface area (Å²) in [7, 11) is -7.02. The second-order valence-corrected chi connectivity index (χ2v) is 10.7. The van der Waals surface area contributed by atoms with E-state index in [4.69, 9.17) is 4.42 Å². The van der Waals surface area contributed by atoms with E-state index in [1.165, 1.54) is 23.1 Å². The van der Waals surface area contributed by atoms with Gasteiger partial charge in [0.25, 0.3) is 10.0 Å². The summed E-state index contributed by atoms with van der Waals surface area (Å²) in [6.07, 6.45) is 1.87. The predicted molar refractivity (Wildman–Crippen MR) is 104 cm³/mol. The third kappa shape index (κ3) is 3.69. The molecule has 10 heteroatoms. The fourth-order valence-electron chi connectivity index (χ4n) is 3.18. The van der Waals surface area contributed by atoms with Crippen LogP contribution in [0.15, 0.2) is 58.0 Å². The van der Waals surface area contributed by atoms with Gasteiger partial charge in [0.05, 0.1) is 28.7 Å². The first kappa shape index (κ1) is 18.8. The molecule has 3 heterocycles. The lowest BCUT2D eigenvalue weighted by Crippen LogP contribution is -2.20. The van der Waals surface area contributed by atoms with Gasteiger partial charge in [-0.05, 0) is 37.6 Å². The number of hydrogen-bond donors (Lipinski definition) is 1. The van der Waals surface area contributed by atoms with Crippen molar-refractivity contribution >= 4 is 25.7 Å².